The zero-order valence-corrected chi connectivity index (χ0v) is 20.9. The molecule has 1 N–H and O–H groups in total. The SMILES string of the molecule is O=C(O)COCC1CCC(COC(=O)N(c2ccccc2)c2cccc(F)c2)CC1.[Mg+2].[Mg+2]. The maximum Gasteiger partial charge on any atom is 2.00 e. The van der Waals surface area contributed by atoms with Gasteiger partial charge in [0.25, 0.3) is 0 Å². The molecule has 0 bridgehead atoms. The van der Waals surface area contributed by atoms with Gasteiger partial charge in [0.05, 0.1) is 24.6 Å². The maximum absolute atomic E-state index is 13.7. The van der Waals surface area contributed by atoms with Gasteiger partial charge < -0.3 is 14.6 Å². The fraction of sp³-hybridized carbons (Fsp3) is 0.391. The number of carbonyl (C=O) groups excluding carboxylic acids is 1. The second kappa shape index (κ2) is 14.7. The van der Waals surface area contributed by atoms with Gasteiger partial charge in [0.1, 0.15) is 12.4 Å². The number of carboxylic acids is 1. The summed E-state index contributed by atoms with van der Waals surface area (Å²) in [5.74, 6) is -0.805. The van der Waals surface area contributed by atoms with E-state index in [1.54, 1.807) is 24.3 Å². The first-order chi connectivity index (χ1) is 14.5. The number of hydrogen-bond donors (Lipinski definition) is 1. The molecule has 1 aliphatic rings. The number of amides is 1. The zero-order chi connectivity index (χ0) is 21.3. The average Bonchev–Trinajstić information content (AvgIpc) is 2.74. The molecule has 1 saturated carbocycles. The van der Waals surface area contributed by atoms with Gasteiger partial charge in [0.15, 0.2) is 0 Å². The predicted molar refractivity (Wildman–Crippen MR) is 122 cm³/mol. The van der Waals surface area contributed by atoms with Crippen molar-refractivity contribution in [2.75, 3.05) is 24.7 Å². The number of anilines is 2. The van der Waals surface area contributed by atoms with Crippen molar-refractivity contribution in [3.05, 3.63) is 60.4 Å². The number of halogens is 1. The van der Waals surface area contributed by atoms with E-state index in [9.17, 15) is 14.0 Å². The van der Waals surface area contributed by atoms with Crippen LogP contribution in [0.4, 0.5) is 20.6 Å². The van der Waals surface area contributed by atoms with Crippen molar-refractivity contribution in [3.63, 3.8) is 0 Å². The van der Waals surface area contributed by atoms with Gasteiger partial charge in [0.2, 0.25) is 0 Å². The molecule has 0 heterocycles. The summed E-state index contributed by atoms with van der Waals surface area (Å²) >= 11 is 0. The van der Waals surface area contributed by atoms with Gasteiger partial charge in [0, 0.05) is 0 Å². The van der Waals surface area contributed by atoms with Crippen LogP contribution in [0.15, 0.2) is 54.6 Å². The number of ether oxygens (including phenoxy) is 2. The van der Waals surface area contributed by atoms with E-state index in [0.29, 0.717) is 30.5 Å². The summed E-state index contributed by atoms with van der Waals surface area (Å²) < 4.78 is 24.5. The Morgan fingerprint density at radius 1 is 0.906 bits per heavy atom. The van der Waals surface area contributed by atoms with Crippen LogP contribution in [-0.4, -0.2) is 83.1 Å². The molecule has 0 aliphatic heterocycles. The monoisotopic (exact) mass is 463 g/mol. The maximum atomic E-state index is 13.7. The number of carbonyl (C=O) groups is 2. The minimum Gasteiger partial charge on any atom is -0.480 e. The average molecular weight is 464 g/mol. The van der Waals surface area contributed by atoms with Crippen LogP contribution in [0.1, 0.15) is 25.7 Å². The molecule has 1 amide bonds. The van der Waals surface area contributed by atoms with Crippen LogP contribution >= 0.6 is 0 Å². The van der Waals surface area contributed by atoms with Crippen molar-refractivity contribution in [1.29, 1.82) is 0 Å². The molecule has 9 heteroatoms. The first-order valence-corrected chi connectivity index (χ1v) is 10.1. The van der Waals surface area contributed by atoms with Crippen LogP contribution in [0.5, 0.6) is 0 Å². The van der Waals surface area contributed by atoms with Crippen molar-refractivity contribution >= 4 is 69.5 Å². The van der Waals surface area contributed by atoms with Gasteiger partial charge in [-0.15, -0.1) is 0 Å². The van der Waals surface area contributed by atoms with Gasteiger partial charge >= 0.3 is 58.2 Å². The molecule has 32 heavy (non-hydrogen) atoms. The Hall–Kier alpha value is -1.40. The smallest absolute Gasteiger partial charge is 0.480 e. The van der Waals surface area contributed by atoms with E-state index < -0.39 is 17.9 Å². The molecule has 0 atom stereocenters. The summed E-state index contributed by atoms with van der Waals surface area (Å²) in [6.45, 7) is 0.466. The minimum absolute atomic E-state index is 0. The quantitative estimate of drug-likeness (QED) is 0.592. The Bertz CT molecular complexity index is 847. The van der Waals surface area contributed by atoms with E-state index in [2.05, 4.69) is 0 Å². The van der Waals surface area contributed by atoms with Crippen molar-refractivity contribution in [2.45, 2.75) is 25.7 Å². The summed E-state index contributed by atoms with van der Waals surface area (Å²) in [7, 11) is 0. The van der Waals surface area contributed by atoms with Crippen molar-refractivity contribution < 1.29 is 28.6 Å². The van der Waals surface area contributed by atoms with Gasteiger partial charge in [-0.25, -0.2) is 18.9 Å². The summed E-state index contributed by atoms with van der Waals surface area (Å²) in [4.78, 5) is 24.8. The van der Waals surface area contributed by atoms with Crippen LogP contribution < -0.4 is 4.90 Å². The summed E-state index contributed by atoms with van der Waals surface area (Å²) in [5, 5.41) is 8.63. The first-order valence-electron chi connectivity index (χ1n) is 10.1. The molecule has 3 rings (SSSR count). The standard InChI is InChI=1S/C23H26FNO5.2Mg/c24-19-5-4-8-21(13-19)25(20-6-2-1-3-7-20)23(28)30-15-18-11-9-17(10-12-18)14-29-16-22(26)27;;/h1-8,13,17-18H,9-12,14-16H2,(H,26,27);;/q;2*+2. The molecule has 2 aromatic rings. The molecular weight excluding hydrogens is 438 g/mol. The van der Waals surface area contributed by atoms with E-state index in [-0.39, 0.29) is 58.6 Å². The number of hydrogen-bond acceptors (Lipinski definition) is 4. The number of carboxylic acid groups (broad SMARTS) is 1. The topological polar surface area (TPSA) is 76.1 Å². The van der Waals surface area contributed by atoms with E-state index in [4.69, 9.17) is 14.6 Å². The Morgan fingerprint density at radius 2 is 1.50 bits per heavy atom. The van der Waals surface area contributed by atoms with Crippen molar-refractivity contribution in [1.82, 2.24) is 0 Å². The number of benzene rings is 2. The number of aliphatic carboxylic acids is 1. The van der Waals surface area contributed by atoms with Crippen LogP contribution in [0.3, 0.4) is 0 Å². The number of nitrogens with zero attached hydrogens (tertiary/aromatic N) is 1. The summed E-state index contributed by atoms with van der Waals surface area (Å²) in [5.41, 5.74) is 1.01. The van der Waals surface area contributed by atoms with Crippen LogP contribution in [0, 0.1) is 17.7 Å². The third kappa shape index (κ3) is 8.86. The van der Waals surface area contributed by atoms with Crippen molar-refractivity contribution in [3.8, 4) is 0 Å². The third-order valence-electron chi connectivity index (χ3n) is 5.25. The van der Waals surface area contributed by atoms with Crippen LogP contribution in [0.25, 0.3) is 0 Å². The Labute approximate surface area is 219 Å². The minimum atomic E-state index is -0.961. The second-order valence-electron chi connectivity index (χ2n) is 7.52. The van der Waals surface area contributed by atoms with Gasteiger partial charge in [-0.3, -0.25) is 0 Å². The molecule has 2 aromatic carbocycles. The fourth-order valence-electron chi connectivity index (χ4n) is 3.68. The molecule has 1 fully saturated rings. The van der Waals surface area contributed by atoms with Gasteiger partial charge in [-0.1, -0.05) is 24.3 Å². The van der Waals surface area contributed by atoms with E-state index in [1.807, 2.05) is 18.2 Å². The first kappa shape index (κ1) is 28.6. The van der Waals surface area contributed by atoms with E-state index in [0.717, 1.165) is 25.7 Å². The van der Waals surface area contributed by atoms with E-state index >= 15 is 0 Å². The molecular formula is C23H26FMg2NO5+4. The third-order valence-corrected chi connectivity index (χ3v) is 5.25. The zero-order valence-electron chi connectivity index (χ0n) is 18.1. The largest absolute Gasteiger partial charge is 2.00 e. The molecule has 1 aliphatic carbocycles. The molecule has 0 spiro atoms. The molecule has 160 valence electrons. The number of rotatable bonds is 8. The molecule has 6 nitrogen and oxygen atoms in total. The number of para-hydroxylation sites is 1. The Kier molecular flexibility index (Phi) is 13.1. The second-order valence-corrected chi connectivity index (χ2v) is 7.52. The Morgan fingerprint density at radius 3 is 2.09 bits per heavy atom. The Balaban J connectivity index is 0.00000256. The van der Waals surface area contributed by atoms with E-state index in [1.165, 1.54) is 17.0 Å². The molecule has 0 unspecified atom stereocenters. The van der Waals surface area contributed by atoms with Gasteiger partial charge in [-0.2, -0.15) is 0 Å². The normalized spacial score (nSPS) is 17.4. The fourth-order valence-corrected chi connectivity index (χ4v) is 3.68. The molecule has 0 aromatic heterocycles. The van der Waals surface area contributed by atoms with Crippen molar-refractivity contribution in [2.24, 2.45) is 11.8 Å². The van der Waals surface area contributed by atoms with Gasteiger partial charge in [-0.05, 0) is 67.9 Å². The predicted octanol–water partition coefficient (Wildman–Crippen LogP) is 4.25. The summed E-state index contributed by atoms with van der Waals surface area (Å²) in [6.07, 6.45) is 3.06. The molecule has 0 radical (unpaired) electrons. The van der Waals surface area contributed by atoms with Crippen LogP contribution in [0.2, 0.25) is 0 Å². The molecule has 0 saturated heterocycles. The summed E-state index contributed by atoms with van der Waals surface area (Å²) in [6, 6.07) is 14.9. The van der Waals surface area contributed by atoms with Crippen LogP contribution in [-0.2, 0) is 14.3 Å².